The van der Waals surface area contributed by atoms with Crippen molar-refractivity contribution in [2.45, 2.75) is 6.92 Å². The van der Waals surface area contributed by atoms with Crippen molar-refractivity contribution in [2.75, 3.05) is 0 Å². The molecule has 2 rings (SSSR count). The fourth-order valence-corrected chi connectivity index (χ4v) is 1.81. The molecule has 2 aromatic rings. The first kappa shape index (κ1) is 13.6. The summed E-state index contributed by atoms with van der Waals surface area (Å²) in [6.45, 7) is 1.84. The van der Waals surface area contributed by atoms with E-state index in [1.54, 1.807) is 18.2 Å². The van der Waals surface area contributed by atoms with Gasteiger partial charge in [-0.3, -0.25) is 0 Å². The van der Waals surface area contributed by atoms with E-state index < -0.39 is 5.97 Å². The summed E-state index contributed by atoms with van der Waals surface area (Å²) >= 11 is 11.6. The first-order valence-electron chi connectivity index (χ1n) is 5.30. The fourth-order valence-electron chi connectivity index (χ4n) is 1.45. The van der Waals surface area contributed by atoms with E-state index in [1.807, 2.05) is 6.92 Å². The SMILES string of the molecule is Cc1ccc(Cl)cc1Oc1cc(C(=O)O)cc(Cl)n1. The maximum absolute atomic E-state index is 10.9. The third-order valence-electron chi connectivity index (χ3n) is 2.38. The lowest BCUT2D eigenvalue weighted by molar-refractivity contribution is 0.0696. The average Bonchev–Trinajstić information content (AvgIpc) is 2.33. The second-order valence-electron chi connectivity index (χ2n) is 3.83. The molecule has 98 valence electrons. The monoisotopic (exact) mass is 297 g/mol. The number of halogens is 2. The number of ether oxygens (including phenoxy) is 1. The molecule has 19 heavy (non-hydrogen) atoms. The first-order valence-corrected chi connectivity index (χ1v) is 6.06. The Labute approximate surface area is 119 Å². The lowest BCUT2D eigenvalue weighted by Gasteiger charge is -2.09. The van der Waals surface area contributed by atoms with E-state index in [2.05, 4.69) is 4.98 Å². The molecule has 0 radical (unpaired) electrons. The van der Waals surface area contributed by atoms with E-state index in [-0.39, 0.29) is 16.6 Å². The number of hydrogen-bond donors (Lipinski definition) is 1. The maximum atomic E-state index is 10.9. The van der Waals surface area contributed by atoms with Gasteiger partial charge in [0.05, 0.1) is 5.56 Å². The second kappa shape index (κ2) is 5.47. The number of nitrogens with zero attached hydrogens (tertiary/aromatic N) is 1. The van der Waals surface area contributed by atoms with E-state index >= 15 is 0 Å². The first-order chi connectivity index (χ1) is 8.95. The number of carbonyl (C=O) groups is 1. The van der Waals surface area contributed by atoms with Gasteiger partial charge in [-0.05, 0) is 30.7 Å². The third kappa shape index (κ3) is 3.36. The zero-order valence-electron chi connectivity index (χ0n) is 9.85. The van der Waals surface area contributed by atoms with Gasteiger partial charge >= 0.3 is 5.97 Å². The number of pyridine rings is 1. The quantitative estimate of drug-likeness (QED) is 0.863. The molecule has 1 aromatic heterocycles. The van der Waals surface area contributed by atoms with Crippen molar-refractivity contribution in [2.24, 2.45) is 0 Å². The van der Waals surface area contributed by atoms with Crippen LogP contribution in [0.5, 0.6) is 11.6 Å². The Morgan fingerprint density at radius 1 is 1.26 bits per heavy atom. The molecule has 0 amide bonds. The summed E-state index contributed by atoms with van der Waals surface area (Å²) in [5.74, 6) is -0.495. The van der Waals surface area contributed by atoms with E-state index in [9.17, 15) is 4.79 Å². The summed E-state index contributed by atoms with van der Waals surface area (Å²) in [5, 5.41) is 9.50. The minimum atomic E-state index is -1.10. The van der Waals surface area contributed by atoms with Crippen LogP contribution in [0.1, 0.15) is 15.9 Å². The number of aryl methyl sites for hydroxylation is 1. The van der Waals surface area contributed by atoms with Gasteiger partial charge in [0.2, 0.25) is 5.88 Å². The Morgan fingerprint density at radius 2 is 2.00 bits per heavy atom. The predicted octanol–water partition coefficient (Wildman–Crippen LogP) is 4.19. The molecule has 0 bridgehead atoms. The number of hydrogen-bond acceptors (Lipinski definition) is 3. The normalized spacial score (nSPS) is 10.3. The Hall–Kier alpha value is -1.78. The minimum absolute atomic E-state index is 0.00896. The van der Waals surface area contributed by atoms with E-state index in [1.165, 1.54) is 12.1 Å². The van der Waals surface area contributed by atoms with Gasteiger partial charge < -0.3 is 9.84 Å². The van der Waals surface area contributed by atoms with E-state index in [0.29, 0.717) is 10.8 Å². The number of benzene rings is 1. The van der Waals surface area contributed by atoms with Crippen LogP contribution < -0.4 is 4.74 Å². The van der Waals surface area contributed by atoms with Crippen molar-refractivity contribution in [3.63, 3.8) is 0 Å². The van der Waals surface area contributed by atoms with Crippen LogP contribution in [0.15, 0.2) is 30.3 Å². The highest BCUT2D eigenvalue weighted by molar-refractivity contribution is 6.30. The van der Waals surface area contributed by atoms with Crippen molar-refractivity contribution in [1.29, 1.82) is 0 Å². The van der Waals surface area contributed by atoms with Crippen molar-refractivity contribution in [3.8, 4) is 11.6 Å². The van der Waals surface area contributed by atoms with E-state index in [4.69, 9.17) is 33.0 Å². The van der Waals surface area contributed by atoms with Crippen LogP contribution in [-0.2, 0) is 0 Å². The summed E-state index contributed by atoms with van der Waals surface area (Å²) in [6.07, 6.45) is 0. The topological polar surface area (TPSA) is 59.4 Å². The van der Waals surface area contributed by atoms with Gasteiger partial charge in [0, 0.05) is 11.1 Å². The summed E-state index contributed by atoms with van der Waals surface area (Å²) in [4.78, 5) is 14.8. The Morgan fingerprint density at radius 3 is 2.68 bits per heavy atom. The molecule has 0 saturated carbocycles. The van der Waals surface area contributed by atoms with E-state index in [0.717, 1.165) is 5.56 Å². The van der Waals surface area contributed by atoms with Gasteiger partial charge in [0.15, 0.2) is 0 Å². The largest absolute Gasteiger partial charge is 0.478 e. The number of aromatic nitrogens is 1. The molecule has 0 aliphatic rings. The molecule has 0 saturated heterocycles. The van der Waals surface area contributed by atoms with Gasteiger partial charge in [-0.1, -0.05) is 29.3 Å². The molecule has 1 heterocycles. The van der Waals surface area contributed by atoms with Crippen LogP contribution in [0.2, 0.25) is 10.2 Å². The lowest BCUT2D eigenvalue weighted by atomic mass is 10.2. The smallest absolute Gasteiger partial charge is 0.335 e. The van der Waals surface area contributed by atoms with Crippen molar-refractivity contribution < 1.29 is 14.6 Å². The number of carboxylic acids is 1. The highest BCUT2D eigenvalue weighted by atomic mass is 35.5. The number of rotatable bonds is 3. The average molecular weight is 298 g/mol. The molecule has 0 unspecified atom stereocenters. The Bertz CT molecular complexity index is 644. The molecule has 0 fully saturated rings. The highest BCUT2D eigenvalue weighted by Crippen LogP contribution is 2.28. The summed E-state index contributed by atoms with van der Waals surface area (Å²) in [5.41, 5.74) is 0.859. The van der Waals surface area contributed by atoms with Gasteiger partial charge in [0.25, 0.3) is 0 Å². The van der Waals surface area contributed by atoms with Crippen molar-refractivity contribution in [3.05, 3.63) is 51.6 Å². The van der Waals surface area contributed by atoms with Gasteiger partial charge in [-0.25, -0.2) is 9.78 Å². The van der Waals surface area contributed by atoms with Crippen LogP contribution in [-0.4, -0.2) is 16.1 Å². The summed E-state index contributed by atoms with van der Waals surface area (Å²) in [7, 11) is 0. The maximum Gasteiger partial charge on any atom is 0.335 e. The number of aromatic carboxylic acids is 1. The minimum Gasteiger partial charge on any atom is -0.478 e. The molecule has 4 nitrogen and oxygen atoms in total. The van der Waals surface area contributed by atoms with Crippen LogP contribution in [0, 0.1) is 6.92 Å². The van der Waals surface area contributed by atoms with Gasteiger partial charge in [-0.2, -0.15) is 0 Å². The molecule has 0 aliphatic heterocycles. The lowest BCUT2D eigenvalue weighted by Crippen LogP contribution is -1.99. The summed E-state index contributed by atoms with van der Waals surface area (Å²) in [6, 6.07) is 7.70. The Kier molecular flexibility index (Phi) is 3.93. The van der Waals surface area contributed by atoms with Crippen LogP contribution in [0.3, 0.4) is 0 Å². The van der Waals surface area contributed by atoms with Crippen LogP contribution >= 0.6 is 23.2 Å². The molecule has 1 aromatic carbocycles. The highest BCUT2D eigenvalue weighted by Gasteiger charge is 2.10. The zero-order valence-corrected chi connectivity index (χ0v) is 11.4. The number of carboxylic acid groups (broad SMARTS) is 1. The van der Waals surface area contributed by atoms with Crippen LogP contribution in [0.4, 0.5) is 0 Å². The second-order valence-corrected chi connectivity index (χ2v) is 4.66. The standard InChI is InChI=1S/C13H9Cl2NO3/c1-7-2-3-9(14)6-10(7)19-12-5-8(13(17)18)4-11(15)16-12/h2-6H,1H3,(H,17,18). The Balaban J connectivity index is 2.38. The van der Waals surface area contributed by atoms with Gasteiger partial charge in [-0.15, -0.1) is 0 Å². The van der Waals surface area contributed by atoms with Crippen LogP contribution in [0.25, 0.3) is 0 Å². The molecule has 1 N–H and O–H groups in total. The fraction of sp³-hybridized carbons (Fsp3) is 0.0769. The van der Waals surface area contributed by atoms with Gasteiger partial charge in [0.1, 0.15) is 10.9 Å². The molecule has 0 spiro atoms. The van der Waals surface area contributed by atoms with Crippen molar-refractivity contribution in [1.82, 2.24) is 4.98 Å². The molecule has 6 heteroatoms. The summed E-state index contributed by atoms with van der Waals surface area (Å²) < 4.78 is 5.52. The molecule has 0 atom stereocenters. The molecular formula is C13H9Cl2NO3. The molecular weight excluding hydrogens is 289 g/mol. The molecule has 0 aliphatic carbocycles. The zero-order chi connectivity index (χ0) is 14.0. The predicted molar refractivity (Wildman–Crippen MR) is 72.5 cm³/mol. The third-order valence-corrected chi connectivity index (χ3v) is 2.81. The van der Waals surface area contributed by atoms with Crippen molar-refractivity contribution >= 4 is 29.2 Å².